The number of hydrogen-bond donors (Lipinski definition) is 2. The number of rotatable bonds is 11. The van der Waals surface area contributed by atoms with Gasteiger partial charge in [-0.05, 0) is 51.6 Å². The van der Waals surface area contributed by atoms with Gasteiger partial charge in [-0.1, -0.05) is 19.8 Å². The zero-order valence-corrected chi connectivity index (χ0v) is 13.5. The molecule has 0 bridgehead atoms. The maximum absolute atomic E-state index is 11.8. The van der Waals surface area contributed by atoms with Crippen LogP contribution < -0.4 is 5.32 Å². The van der Waals surface area contributed by atoms with Crippen LogP contribution >= 0.6 is 0 Å². The molecule has 1 saturated heterocycles. The molecular weight excluding hydrogens is 268 g/mol. The molecule has 1 aliphatic heterocycles. The molecule has 0 aromatic carbocycles. The normalized spacial score (nSPS) is 16.9. The number of unbranched alkanes of at least 4 members (excludes halogenated alkanes) is 2. The molecule has 1 fully saturated rings. The summed E-state index contributed by atoms with van der Waals surface area (Å²) in [6, 6.07) is 0. The predicted molar refractivity (Wildman–Crippen MR) is 84.4 cm³/mol. The minimum atomic E-state index is -0.311. The van der Waals surface area contributed by atoms with Crippen molar-refractivity contribution in [2.75, 3.05) is 32.8 Å². The lowest BCUT2D eigenvalue weighted by molar-refractivity contribution is 0.0804. The molecule has 1 rings (SSSR count). The Hall–Kier alpha value is -0.810. The number of ether oxygens (including phenoxy) is 1. The van der Waals surface area contributed by atoms with Crippen molar-refractivity contribution in [3.8, 4) is 0 Å². The fourth-order valence-corrected chi connectivity index (χ4v) is 2.72. The van der Waals surface area contributed by atoms with Gasteiger partial charge in [0.25, 0.3) is 0 Å². The average Bonchev–Trinajstić information content (AvgIpc) is 2.98. The number of aliphatic hydroxyl groups is 1. The van der Waals surface area contributed by atoms with E-state index in [1.165, 1.54) is 12.8 Å². The summed E-state index contributed by atoms with van der Waals surface area (Å²) in [5.74, 6) is 0. The second-order valence-corrected chi connectivity index (χ2v) is 5.86. The fraction of sp³-hybridized carbons (Fsp3) is 0.938. The molecule has 21 heavy (non-hydrogen) atoms. The van der Waals surface area contributed by atoms with Gasteiger partial charge in [0.1, 0.15) is 6.10 Å². The van der Waals surface area contributed by atoms with Gasteiger partial charge in [0.2, 0.25) is 0 Å². The third-order valence-electron chi connectivity index (χ3n) is 3.98. The summed E-state index contributed by atoms with van der Waals surface area (Å²) in [4.78, 5) is 14.2. The SMILES string of the molecule is CCCCCC(CCCO)OC(=O)NCCN1CCCC1. The Bertz CT molecular complexity index is 268. The van der Waals surface area contributed by atoms with Crippen molar-refractivity contribution in [2.24, 2.45) is 0 Å². The van der Waals surface area contributed by atoms with Crippen LogP contribution in [0.4, 0.5) is 4.79 Å². The van der Waals surface area contributed by atoms with Crippen molar-refractivity contribution in [1.82, 2.24) is 10.2 Å². The Balaban J connectivity index is 2.15. The highest BCUT2D eigenvalue weighted by molar-refractivity contribution is 5.67. The van der Waals surface area contributed by atoms with Crippen LogP contribution in [-0.2, 0) is 4.74 Å². The van der Waals surface area contributed by atoms with Crippen LogP contribution in [0.1, 0.15) is 58.3 Å². The van der Waals surface area contributed by atoms with Crippen molar-refractivity contribution in [2.45, 2.75) is 64.4 Å². The third kappa shape index (κ3) is 8.94. The summed E-state index contributed by atoms with van der Waals surface area (Å²) in [6.45, 7) is 6.17. The second-order valence-electron chi connectivity index (χ2n) is 5.86. The van der Waals surface area contributed by atoms with E-state index in [9.17, 15) is 4.79 Å². The molecule has 5 nitrogen and oxygen atoms in total. The second kappa shape index (κ2) is 11.8. The Morgan fingerprint density at radius 1 is 1.24 bits per heavy atom. The third-order valence-corrected chi connectivity index (χ3v) is 3.98. The molecule has 0 aromatic heterocycles. The molecule has 1 heterocycles. The number of amides is 1. The monoisotopic (exact) mass is 300 g/mol. The number of nitrogens with one attached hydrogen (secondary N) is 1. The van der Waals surface area contributed by atoms with E-state index in [0.717, 1.165) is 51.7 Å². The molecule has 0 spiro atoms. The van der Waals surface area contributed by atoms with Gasteiger partial charge < -0.3 is 20.1 Å². The number of carbonyl (C=O) groups is 1. The summed E-state index contributed by atoms with van der Waals surface area (Å²) < 4.78 is 5.48. The predicted octanol–water partition coefficient (Wildman–Crippen LogP) is 2.53. The quantitative estimate of drug-likeness (QED) is 0.576. The highest BCUT2D eigenvalue weighted by atomic mass is 16.6. The molecule has 124 valence electrons. The molecule has 5 heteroatoms. The summed E-state index contributed by atoms with van der Waals surface area (Å²) in [6.07, 6.45) is 7.91. The summed E-state index contributed by atoms with van der Waals surface area (Å²) in [7, 11) is 0. The van der Waals surface area contributed by atoms with Gasteiger partial charge >= 0.3 is 6.09 Å². The van der Waals surface area contributed by atoms with E-state index in [1.807, 2.05) is 0 Å². The first-order chi connectivity index (χ1) is 10.3. The number of alkyl carbamates (subject to hydrolysis) is 1. The summed E-state index contributed by atoms with van der Waals surface area (Å²) >= 11 is 0. The van der Waals surface area contributed by atoms with E-state index in [-0.39, 0.29) is 18.8 Å². The lowest BCUT2D eigenvalue weighted by Crippen LogP contribution is -2.35. The Labute approximate surface area is 129 Å². The molecule has 1 unspecified atom stereocenters. The zero-order chi connectivity index (χ0) is 15.3. The Morgan fingerprint density at radius 3 is 2.62 bits per heavy atom. The van der Waals surface area contributed by atoms with Gasteiger partial charge in [-0.2, -0.15) is 0 Å². The zero-order valence-electron chi connectivity index (χ0n) is 13.5. The first kappa shape index (κ1) is 18.2. The van der Waals surface area contributed by atoms with Crippen LogP contribution in [0.5, 0.6) is 0 Å². The Morgan fingerprint density at radius 2 is 1.95 bits per heavy atom. The van der Waals surface area contributed by atoms with Crippen molar-refractivity contribution < 1.29 is 14.6 Å². The maximum Gasteiger partial charge on any atom is 0.407 e. The van der Waals surface area contributed by atoms with Gasteiger partial charge in [0.05, 0.1) is 0 Å². The van der Waals surface area contributed by atoms with E-state index in [0.29, 0.717) is 13.0 Å². The van der Waals surface area contributed by atoms with Crippen LogP contribution in [0.2, 0.25) is 0 Å². The maximum atomic E-state index is 11.8. The molecule has 0 aliphatic carbocycles. The molecule has 0 saturated carbocycles. The minimum absolute atomic E-state index is 0.0597. The molecular formula is C16H32N2O3. The van der Waals surface area contributed by atoms with E-state index >= 15 is 0 Å². The number of carbonyl (C=O) groups excluding carboxylic acids is 1. The van der Waals surface area contributed by atoms with Crippen LogP contribution in [0.15, 0.2) is 0 Å². The van der Waals surface area contributed by atoms with Crippen molar-refractivity contribution >= 4 is 6.09 Å². The first-order valence-corrected chi connectivity index (χ1v) is 8.54. The minimum Gasteiger partial charge on any atom is -0.446 e. The van der Waals surface area contributed by atoms with Crippen molar-refractivity contribution in [3.63, 3.8) is 0 Å². The number of aliphatic hydroxyl groups excluding tert-OH is 1. The summed E-state index contributed by atoms with van der Waals surface area (Å²) in [5, 5.41) is 11.8. The van der Waals surface area contributed by atoms with E-state index in [1.54, 1.807) is 0 Å². The highest BCUT2D eigenvalue weighted by Crippen LogP contribution is 2.12. The van der Waals surface area contributed by atoms with Crippen molar-refractivity contribution in [1.29, 1.82) is 0 Å². The molecule has 0 radical (unpaired) electrons. The summed E-state index contributed by atoms with van der Waals surface area (Å²) in [5.41, 5.74) is 0. The van der Waals surface area contributed by atoms with Crippen LogP contribution in [0.3, 0.4) is 0 Å². The molecule has 0 aromatic rings. The van der Waals surface area contributed by atoms with Gasteiger partial charge in [0, 0.05) is 19.7 Å². The van der Waals surface area contributed by atoms with Gasteiger partial charge in [0.15, 0.2) is 0 Å². The topological polar surface area (TPSA) is 61.8 Å². The van der Waals surface area contributed by atoms with E-state index in [4.69, 9.17) is 9.84 Å². The Kier molecular flexibility index (Phi) is 10.3. The fourth-order valence-electron chi connectivity index (χ4n) is 2.72. The number of likely N-dealkylation sites (tertiary alicyclic amines) is 1. The van der Waals surface area contributed by atoms with Crippen LogP contribution in [-0.4, -0.2) is 55.0 Å². The van der Waals surface area contributed by atoms with Gasteiger partial charge in [-0.25, -0.2) is 4.79 Å². The van der Waals surface area contributed by atoms with E-state index in [2.05, 4.69) is 17.1 Å². The number of nitrogens with zero attached hydrogens (tertiary/aromatic N) is 1. The lowest BCUT2D eigenvalue weighted by atomic mass is 10.1. The highest BCUT2D eigenvalue weighted by Gasteiger charge is 2.15. The van der Waals surface area contributed by atoms with E-state index < -0.39 is 0 Å². The first-order valence-electron chi connectivity index (χ1n) is 8.54. The molecule has 2 N–H and O–H groups in total. The van der Waals surface area contributed by atoms with Crippen molar-refractivity contribution in [3.05, 3.63) is 0 Å². The molecule has 1 amide bonds. The molecule has 1 aliphatic rings. The molecule has 1 atom stereocenters. The van der Waals surface area contributed by atoms with Crippen LogP contribution in [0, 0.1) is 0 Å². The van der Waals surface area contributed by atoms with Crippen LogP contribution in [0.25, 0.3) is 0 Å². The van der Waals surface area contributed by atoms with Gasteiger partial charge in [-0.3, -0.25) is 0 Å². The lowest BCUT2D eigenvalue weighted by Gasteiger charge is -2.19. The smallest absolute Gasteiger partial charge is 0.407 e. The number of hydrogen-bond acceptors (Lipinski definition) is 4. The average molecular weight is 300 g/mol. The van der Waals surface area contributed by atoms with Gasteiger partial charge in [-0.15, -0.1) is 0 Å². The standard InChI is InChI=1S/C16H32N2O3/c1-2-3-4-8-15(9-7-14-19)21-16(20)17-10-13-18-11-5-6-12-18/h15,19H,2-14H2,1H3,(H,17,20). The largest absolute Gasteiger partial charge is 0.446 e.